The first-order valence-corrected chi connectivity index (χ1v) is 8.45. The summed E-state index contributed by atoms with van der Waals surface area (Å²) in [6.45, 7) is 2.90. The van der Waals surface area contributed by atoms with Crippen LogP contribution >= 0.6 is 0 Å². The maximum Gasteiger partial charge on any atom is 0.351 e. The van der Waals surface area contributed by atoms with Gasteiger partial charge in [-0.05, 0) is 38.1 Å². The second-order valence-corrected chi connectivity index (χ2v) is 6.07. The molecule has 0 aliphatic carbocycles. The minimum atomic E-state index is -1.04. The Kier molecular flexibility index (Phi) is 5.40. The molecular weight excluding hydrogens is 350 g/mol. The average molecular weight is 369 g/mol. The van der Waals surface area contributed by atoms with Crippen molar-refractivity contribution in [1.82, 2.24) is 0 Å². The number of carbonyl (C=O) groups is 3. The van der Waals surface area contributed by atoms with Gasteiger partial charge in [0.1, 0.15) is 6.61 Å². The summed E-state index contributed by atoms with van der Waals surface area (Å²) in [7, 11) is 0. The molecule has 7 heteroatoms. The predicted octanol–water partition coefficient (Wildman–Crippen LogP) is 2.60. The third kappa shape index (κ3) is 4.44. The number of para-hydroxylation sites is 2. The summed E-state index contributed by atoms with van der Waals surface area (Å²) in [6, 6.07) is 13.5. The minimum Gasteiger partial charge on any atom is -0.485 e. The van der Waals surface area contributed by atoms with Crippen LogP contribution in [0.1, 0.15) is 24.2 Å². The minimum absolute atomic E-state index is 0.00480. The van der Waals surface area contributed by atoms with Gasteiger partial charge in [0.2, 0.25) is 6.10 Å². The fourth-order valence-electron chi connectivity index (χ4n) is 2.50. The number of amides is 1. The van der Waals surface area contributed by atoms with Crippen LogP contribution in [0.3, 0.4) is 0 Å². The lowest BCUT2D eigenvalue weighted by molar-refractivity contribution is -0.162. The Bertz CT molecular complexity index is 878. The van der Waals surface area contributed by atoms with E-state index in [-0.39, 0.29) is 12.4 Å². The van der Waals surface area contributed by atoms with E-state index in [0.717, 1.165) is 0 Å². The number of nitrogens with one attached hydrogen (secondary N) is 1. The van der Waals surface area contributed by atoms with Crippen molar-refractivity contribution in [2.24, 2.45) is 0 Å². The Morgan fingerprint density at radius 3 is 2.59 bits per heavy atom. The first kappa shape index (κ1) is 18.4. The number of benzene rings is 2. The molecular formula is C20H19NO6. The maximum absolute atomic E-state index is 12.3. The second kappa shape index (κ2) is 7.90. The van der Waals surface area contributed by atoms with Gasteiger partial charge < -0.3 is 19.5 Å². The first-order valence-electron chi connectivity index (χ1n) is 8.45. The van der Waals surface area contributed by atoms with Crippen molar-refractivity contribution in [2.45, 2.75) is 26.1 Å². The van der Waals surface area contributed by atoms with Gasteiger partial charge in [-0.25, -0.2) is 4.79 Å². The van der Waals surface area contributed by atoms with Crippen molar-refractivity contribution in [2.75, 3.05) is 11.9 Å². The molecule has 140 valence electrons. The first-order chi connectivity index (χ1) is 12.9. The molecule has 0 radical (unpaired) electrons. The molecule has 7 nitrogen and oxygen atoms in total. The molecule has 1 heterocycles. The molecule has 0 aromatic heterocycles. The summed E-state index contributed by atoms with van der Waals surface area (Å²) < 4.78 is 16.2. The van der Waals surface area contributed by atoms with Gasteiger partial charge in [0.25, 0.3) is 5.91 Å². The normalized spacial score (nSPS) is 16.1. The molecule has 3 rings (SSSR count). The van der Waals surface area contributed by atoms with Crippen LogP contribution in [-0.4, -0.2) is 36.5 Å². The lowest BCUT2D eigenvalue weighted by Gasteiger charge is -2.25. The van der Waals surface area contributed by atoms with E-state index in [1.807, 2.05) is 0 Å². The highest BCUT2D eigenvalue weighted by Crippen LogP contribution is 2.31. The summed E-state index contributed by atoms with van der Waals surface area (Å²) in [6.07, 6.45) is -1.99. The SMILES string of the molecule is CC(=O)c1cccc(NC(=O)[C@H](C)OC(=O)[C@H]2COc3ccccc3O2)c1. The van der Waals surface area contributed by atoms with Gasteiger partial charge in [-0.2, -0.15) is 0 Å². The van der Waals surface area contributed by atoms with Gasteiger partial charge in [-0.3, -0.25) is 9.59 Å². The van der Waals surface area contributed by atoms with E-state index < -0.39 is 24.1 Å². The zero-order valence-electron chi connectivity index (χ0n) is 14.9. The third-order valence-corrected chi connectivity index (χ3v) is 3.97. The van der Waals surface area contributed by atoms with Crippen LogP contribution in [0.5, 0.6) is 11.5 Å². The molecule has 1 N–H and O–H groups in total. The number of hydrogen-bond donors (Lipinski definition) is 1. The van der Waals surface area contributed by atoms with Crippen molar-refractivity contribution in [1.29, 1.82) is 0 Å². The molecule has 0 saturated heterocycles. The summed E-state index contributed by atoms with van der Waals surface area (Å²) in [5, 5.41) is 2.62. The van der Waals surface area contributed by atoms with E-state index in [1.54, 1.807) is 48.5 Å². The fraction of sp³-hybridized carbons (Fsp3) is 0.250. The fourth-order valence-corrected chi connectivity index (χ4v) is 2.50. The maximum atomic E-state index is 12.3. The van der Waals surface area contributed by atoms with E-state index in [9.17, 15) is 14.4 Å². The monoisotopic (exact) mass is 369 g/mol. The molecule has 1 amide bonds. The molecule has 0 saturated carbocycles. The van der Waals surface area contributed by atoms with E-state index in [0.29, 0.717) is 22.7 Å². The van der Waals surface area contributed by atoms with Crippen LogP contribution in [-0.2, 0) is 14.3 Å². The number of esters is 1. The molecule has 1 aliphatic rings. The van der Waals surface area contributed by atoms with Crippen LogP contribution in [0.4, 0.5) is 5.69 Å². The Morgan fingerprint density at radius 1 is 1.11 bits per heavy atom. The second-order valence-electron chi connectivity index (χ2n) is 6.07. The van der Waals surface area contributed by atoms with Crippen molar-refractivity contribution in [3.05, 3.63) is 54.1 Å². The number of ether oxygens (including phenoxy) is 3. The van der Waals surface area contributed by atoms with E-state index in [1.165, 1.54) is 13.8 Å². The van der Waals surface area contributed by atoms with Gasteiger partial charge in [0.05, 0.1) is 0 Å². The van der Waals surface area contributed by atoms with Crippen molar-refractivity contribution in [3.63, 3.8) is 0 Å². The third-order valence-electron chi connectivity index (χ3n) is 3.97. The molecule has 0 unspecified atom stereocenters. The van der Waals surface area contributed by atoms with Gasteiger partial charge in [0.15, 0.2) is 23.4 Å². The lowest BCUT2D eigenvalue weighted by atomic mass is 10.1. The van der Waals surface area contributed by atoms with Crippen LogP contribution in [0.15, 0.2) is 48.5 Å². The summed E-state index contributed by atoms with van der Waals surface area (Å²) in [5.74, 6) is -0.312. The zero-order chi connectivity index (χ0) is 19.4. The standard InChI is InChI=1S/C20H19NO6/c1-12(22)14-6-5-7-15(10-14)21-19(23)13(2)26-20(24)18-11-25-16-8-3-4-9-17(16)27-18/h3-10,13,18H,11H2,1-2H3,(H,21,23)/t13-,18+/m0/s1. The topological polar surface area (TPSA) is 90.9 Å². The van der Waals surface area contributed by atoms with Crippen molar-refractivity contribution in [3.8, 4) is 11.5 Å². The van der Waals surface area contributed by atoms with E-state index in [4.69, 9.17) is 14.2 Å². The van der Waals surface area contributed by atoms with Gasteiger partial charge in [-0.1, -0.05) is 24.3 Å². The van der Waals surface area contributed by atoms with E-state index >= 15 is 0 Å². The van der Waals surface area contributed by atoms with Gasteiger partial charge in [0, 0.05) is 11.3 Å². The summed E-state index contributed by atoms with van der Waals surface area (Å²) in [5.41, 5.74) is 0.922. The molecule has 2 atom stereocenters. The Morgan fingerprint density at radius 2 is 1.85 bits per heavy atom. The Balaban J connectivity index is 1.57. The molecule has 1 aliphatic heterocycles. The van der Waals surface area contributed by atoms with Crippen LogP contribution < -0.4 is 14.8 Å². The molecule has 2 aromatic carbocycles. The number of ketones is 1. The van der Waals surface area contributed by atoms with Crippen LogP contribution in [0.25, 0.3) is 0 Å². The predicted molar refractivity (Wildman–Crippen MR) is 97.0 cm³/mol. The number of Topliss-reactive ketones (excluding diaryl/α,β-unsaturated/α-hetero) is 1. The molecule has 2 aromatic rings. The van der Waals surface area contributed by atoms with Crippen molar-refractivity contribution < 1.29 is 28.6 Å². The Labute approximate surface area is 156 Å². The van der Waals surface area contributed by atoms with E-state index in [2.05, 4.69) is 5.32 Å². The number of rotatable bonds is 5. The molecule has 27 heavy (non-hydrogen) atoms. The number of fused-ring (bicyclic) bond motifs is 1. The number of carbonyl (C=O) groups excluding carboxylic acids is 3. The largest absolute Gasteiger partial charge is 0.485 e. The lowest BCUT2D eigenvalue weighted by Crippen LogP contribution is -2.41. The zero-order valence-corrected chi connectivity index (χ0v) is 14.9. The van der Waals surface area contributed by atoms with Gasteiger partial charge >= 0.3 is 5.97 Å². The number of hydrogen-bond acceptors (Lipinski definition) is 6. The number of anilines is 1. The highest BCUT2D eigenvalue weighted by Gasteiger charge is 2.31. The molecule has 0 fully saturated rings. The smallest absolute Gasteiger partial charge is 0.351 e. The van der Waals surface area contributed by atoms with Gasteiger partial charge in [-0.15, -0.1) is 0 Å². The highest BCUT2D eigenvalue weighted by atomic mass is 16.6. The molecule has 0 bridgehead atoms. The highest BCUT2D eigenvalue weighted by molar-refractivity contribution is 5.98. The molecule has 0 spiro atoms. The summed E-state index contributed by atoms with van der Waals surface area (Å²) >= 11 is 0. The quantitative estimate of drug-likeness (QED) is 0.643. The average Bonchev–Trinajstić information content (AvgIpc) is 2.67. The van der Waals surface area contributed by atoms with Crippen LogP contribution in [0.2, 0.25) is 0 Å². The van der Waals surface area contributed by atoms with Crippen LogP contribution in [0, 0.1) is 0 Å². The Hall–Kier alpha value is -3.35. The summed E-state index contributed by atoms with van der Waals surface area (Å²) in [4.78, 5) is 35.9. The van der Waals surface area contributed by atoms with Crippen molar-refractivity contribution >= 4 is 23.3 Å².